The zero-order chi connectivity index (χ0) is 12.3. The highest BCUT2D eigenvalue weighted by molar-refractivity contribution is 6.33. The number of benzene rings is 2. The SMILES string of the molecule is Nc1ccc(COc2ccccc2O)cc1Cl. The first-order chi connectivity index (χ1) is 8.16. The fourth-order valence-electron chi connectivity index (χ4n) is 1.40. The molecule has 0 saturated heterocycles. The molecular weight excluding hydrogens is 238 g/mol. The highest BCUT2D eigenvalue weighted by atomic mass is 35.5. The van der Waals surface area contributed by atoms with Gasteiger partial charge in [-0.15, -0.1) is 0 Å². The average Bonchev–Trinajstić information content (AvgIpc) is 2.32. The van der Waals surface area contributed by atoms with Crippen molar-refractivity contribution in [3.63, 3.8) is 0 Å². The van der Waals surface area contributed by atoms with E-state index in [1.807, 2.05) is 6.07 Å². The smallest absolute Gasteiger partial charge is 0.161 e. The highest BCUT2D eigenvalue weighted by Gasteiger charge is 2.02. The lowest BCUT2D eigenvalue weighted by molar-refractivity contribution is 0.289. The first-order valence-corrected chi connectivity index (χ1v) is 5.49. The molecule has 17 heavy (non-hydrogen) atoms. The number of nitrogens with two attached hydrogens (primary N) is 1. The van der Waals surface area contributed by atoms with Gasteiger partial charge in [-0.05, 0) is 29.8 Å². The molecule has 0 atom stereocenters. The minimum atomic E-state index is 0.119. The molecule has 0 aromatic heterocycles. The largest absolute Gasteiger partial charge is 0.504 e. The third kappa shape index (κ3) is 2.82. The van der Waals surface area contributed by atoms with Crippen LogP contribution in [0.25, 0.3) is 0 Å². The molecule has 0 bridgehead atoms. The van der Waals surface area contributed by atoms with Gasteiger partial charge < -0.3 is 15.6 Å². The van der Waals surface area contributed by atoms with Crippen molar-refractivity contribution in [1.82, 2.24) is 0 Å². The Labute approximate surface area is 104 Å². The van der Waals surface area contributed by atoms with Crippen molar-refractivity contribution in [2.45, 2.75) is 6.61 Å². The Morgan fingerprint density at radius 3 is 2.65 bits per heavy atom. The van der Waals surface area contributed by atoms with Crippen LogP contribution in [0.1, 0.15) is 5.56 Å². The van der Waals surface area contributed by atoms with Crippen LogP contribution in [0.2, 0.25) is 5.02 Å². The number of para-hydroxylation sites is 2. The summed E-state index contributed by atoms with van der Waals surface area (Å²) in [6, 6.07) is 12.1. The molecule has 0 aliphatic carbocycles. The third-order valence-electron chi connectivity index (χ3n) is 2.32. The van der Waals surface area contributed by atoms with Crippen molar-refractivity contribution in [3.8, 4) is 11.5 Å². The van der Waals surface area contributed by atoms with Crippen LogP contribution in [0.4, 0.5) is 5.69 Å². The molecule has 0 fully saturated rings. The van der Waals surface area contributed by atoms with Crippen LogP contribution in [0.3, 0.4) is 0 Å². The summed E-state index contributed by atoms with van der Waals surface area (Å²) in [6.07, 6.45) is 0. The topological polar surface area (TPSA) is 55.5 Å². The van der Waals surface area contributed by atoms with E-state index in [-0.39, 0.29) is 5.75 Å². The molecule has 0 amide bonds. The summed E-state index contributed by atoms with van der Waals surface area (Å²) in [7, 11) is 0. The Bertz CT molecular complexity index is 529. The summed E-state index contributed by atoms with van der Waals surface area (Å²) in [4.78, 5) is 0. The maximum atomic E-state index is 9.52. The molecule has 4 heteroatoms. The number of phenolic OH excluding ortho intramolecular Hbond substituents is 1. The van der Waals surface area contributed by atoms with Gasteiger partial charge in [-0.25, -0.2) is 0 Å². The van der Waals surface area contributed by atoms with E-state index >= 15 is 0 Å². The second-order valence-electron chi connectivity index (χ2n) is 3.61. The van der Waals surface area contributed by atoms with Crippen molar-refractivity contribution in [2.24, 2.45) is 0 Å². The minimum absolute atomic E-state index is 0.119. The lowest BCUT2D eigenvalue weighted by atomic mass is 10.2. The number of ether oxygens (including phenoxy) is 1. The van der Waals surface area contributed by atoms with Crippen LogP contribution < -0.4 is 10.5 Å². The fraction of sp³-hybridized carbons (Fsp3) is 0.0769. The van der Waals surface area contributed by atoms with E-state index in [1.165, 1.54) is 0 Å². The maximum Gasteiger partial charge on any atom is 0.161 e. The predicted molar refractivity (Wildman–Crippen MR) is 68.3 cm³/mol. The maximum absolute atomic E-state index is 9.52. The molecule has 2 rings (SSSR count). The van der Waals surface area contributed by atoms with Gasteiger partial charge >= 0.3 is 0 Å². The molecule has 3 nitrogen and oxygen atoms in total. The zero-order valence-electron chi connectivity index (χ0n) is 9.06. The van der Waals surface area contributed by atoms with Crippen LogP contribution in [-0.2, 0) is 6.61 Å². The molecule has 0 radical (unpaired) electrons. The quantitative estimate of drug-likeness (QED) is 0.822. The monoisotopic (exact) mass is 249 g/mol. The standard InChI is InChI=1S/C13H12ClNO2/c14-10-7-9(5-6-11(10)15)8-17-13-4-2-1-3-12(13)16/h1-7,16H,8,15H2. The molecule has 0 aliphatic rings. The van der Waals surface area contributed by atoms with Gasteiger partial charge in [-0.2, -0.15) is 0 Å². The van der Waals surface area contributed by atoms with Gasteiger partial charge in [-0.3, -0.25) is 0 Å². The summed E-state index contributed by atoms with van der Waals surface area (Å²) in [5, 5.41) is 10.0. The number of phenols is 1. The number of halogens is 1. The lowest BCUT2D eigenvalue weighted by Crippen LogP contribution is -1.96. The van der Waals surface area contributed by atoms with Crippen molar-refractivity contribution in [3.05, 3.63) is 53.1 Å². The van der Waals surface area contributed by atoms with E-state index in [1.54, 1.807) is 36.4 Å². The second kappa shape index (κ2) is 4.97. The average molecular weight is 250 g/mol. The summed E-state index contributed by atoms with van der Waals surface area (Å²) in [6.45, 7) is 0.331. The number of nitrogen functional groups attached to an aromatic ring is 1. The van der Waals surface area contributed by atoms with Gasteiger partial charge in [0, 0.05) is 0 Å². The van der Waals surface area contributed by atoms with Gasteiger partial charge in [0.25, 0.3) is 0 Å². The Kier molecular flexibility index (Phi) is 3.40. The Morgan fingerprint density at radius 2 is 1.94 bits per heavy atom. The van der Waals surface area contributed by atoms with E-state index in [9.17, 15) is 5.11 Å². The summed E-state index contributed by atoms with van der Waals surface area (Å²) in [5.74, 6) is 0.564. The summed E-state index contributed by atoms with van der Waals surface area (Å²) >= 11 is 5.90. The van der Waals surface area contributed by atoms with Crippen LogP contribution >= 0.6 is 11.6 Å². The molecule has 0 spiro atoms. The molecular formula is C13H12ClNO2. The number of aromatic hydroxyl groups is 1. The molecule has 0 unspecified atom stereocenters. The van der Waals surface area contributed by atoms with Crippen LogP contribution in [0.15, 0.2) is 42.5 Å². The first kappa shape index (κ1) is 11.6. The number of anilines is 1. The molecule has 0 aliphatic heterocycles. The summed E-state index contributed by atoms with van der Waals surface area (Å²) in [5.41, 5.74) is 7.04. The molecule has 0 heterocycles. The van der Waals surface area contributed by atoms with Crippen molar-refractivity contribution >= 4 is 17.3 Å². The highest BCUT2D eigenvalue weighted by Crippen LogP contribution is 2.26. The number of hydrogen-bond donors (Lipinski definition) is 2. The Morgan fingerprint density at radius 1 is 1.18 bits per heavy atom. The van der Waals surface area contributed by atoms with E-state index in [2.05, 4.69) is 0 Å². The van der Waals surface area contributed by atoms with E-state index in [0.717, 1.165) is 5.56 Å². The number of rotatable bonds is 3. The first-order valence-electron chi connectivity index (χ1n) is 5.11. The molecule has 2 aromatic carbocycles. The van der Waals surface area contributed by atoms with Crippen molar-refractivity contribution in [2.75, 3.05) is 5.73 Å². The predicted octanol–water partition coefficient (Wildman–Crippen LogP) is 3.21. The molecule has 0 saturated carbocycles. The fourth-order valence-corrected chi connectivity index (χ4v) is 1.60. The van der Waals surface area contributed by atoms with E-state index in [0.29, 0.717) is 23.1 Å². The summed E-state index contributed by atoms with van der Waals surface area (Å²) < 4.78 is 5.47. The molecule has 88 valence electrons. The van der Waals surface area contributed by atoms with Gasteiger partial charge in [0.05, 0.1) is 10.7 Å². The Balaban J connectivity index is 2.08. The van der Waals surface area contributed by atoms with Crippen molar-refractivity contribution < 1.29 is 9.84 Å². The van der Waals surface area contributed by atoms with Crippen LogP contribution in [-0.4, -0.2) is 5.11 Å². The lowest BCUT2D eigenvalue weighted by Gasteiger charge is -2.08. The van der Waals surface area contributed by atoms with Crippen LogP contribution in [0, 0.1) is 0 Å². The molecule has 3 N–H and O–H groups in total. The second-order valence-corrected chi connectivity index (χ2v) is 4.02. The van der Waals surface area contributed by atoms with Gasteiger partial charge in [0.2, 0.25) is 0 Å². The third-order valence-corrected chi connectivity index (χ3v) is 2.65. The van der Waals surface area contributed by atoms with Crippen LogP contribution in [0.5, 0.6) is 11.5 Å². The minimum Gasteiger partial charge on any atom is -0.504 e. The Hall–Kier alpha value is -1.87. The molecule has 2 aromatic rings. The van der Waals surface area contributed by atoms with Gasteiger partial charge in [0.1, 0.15) is 6.61 Å². The normalized spacial score (nSPS) is 10.2. The van der Waals surface area contributed by atoms with E-state index < -0.39 is 0 Å². The number of hydrogen-bond acceptors (Lipinski definition) is 3. The van der Waals surface area contributed by atoms with Gasteiger partial charge in [0.15, 0.2) is 11.5 Å². The van der Waals surface area contributed by atoms with E-state index in [4.69, 9.17) is 22.1 Å². The van der Waals surface area contributed by atoms with Gasteiger partial charge in [-0.1, -0.05) is 29.8 Å². The van der Waals surface area contributed by atoms with Crippen molar-refractivity contribution in [1.29, 1.82) is 0 Å². The zero-order valence-corrected chi connectivity index (χ0v) is 9.82.